The molecule has 0 spiro atoms. The summed E-state index contributed by atoms with van der Waals surface area (Å²) in [6.07, 6.45) is 0.914. The van der Waals surface area contributed by atoms with Gasteiger partial charge in [0, 0.05) is 10.7 Å². The number of nitrogens with one attached hydrogen (secondary N) is 1. The third kappa shape index (κ3) is 3.00. The van der Waals surface area contributed by atoms with E-state index < -0.39 is 15.8 Å². The molecule has 2 aromatic rings. The van der Waals surface area contributed by atoms with E-state index in [1.807, 2.05) is 0 Å². The fourth-order valence-corrected chi connectivity index (χ4v) is 3.18. The number of hydrogen-bond acceptors (Lipinski definition) is 4. The quantitative estimate of drug-likeness (QED) is 0.852. The van der Waals surface area contributed by atoms with Crippen molar-refractivity contribution in [2.24, 2.45) is 0 Å². The molecule has 0 bridgehead atoms. The molecule has 3 N–H and O–H groups in total. The SMILES string of the molecule is Cc1c(N)cc(Cl)cc1S(=O)(=O)Nc1ccc(F)cn1. The molecule has 0 unspecified atom stereocenters. The van der Waals surface area contributed by atoms with Crippen molar-refractivity contribution >= 4 is 33.1 Å². The van der Waals surface area contributed by atoms with Crippen molar-refractivity contribution in [3.05, 3.63) is 46.9 Å². The number of sulfonamides is 1. The van der Waals surface area contributed by atoms with E-state index in [0.29, 0.717) is 5.56 Å². The molecule has 0 saturated carbocycles. The second-order valence-corrected chi connectivity index (χ2v) is 6.17. The first-order valence-corrected chi connectivity index (χ1v) is 7.36. The summed E-state index contributed by atoms with van der Waals surface area (Å²) in [4.78, 5) is 3.59. The van der Waals surface area contributed by atoms with Crippen LogP contribution < -0.4 is 10.5 Å². The minimum atomic E-state index is -3.90. The normalized spacial score (nSPS) is 11.3. The average Bonchev–Trinajstić information content (AvgIpc) is 2.36. The second-order valence-electron chi connectivity index (χ2n) is 4.09. The molecule has 106 valence electrons. The number of nitrogens with two attached hydrogens (primary N) is 1. The van der Waals surface area contributed by atoms with Crippen molar-refractivity contribution in [1.82, 2.24) is 4.98 Å². The number of halogens is 2. The summed E-state index contributed by atoms with van der Waals surface area (Å²) < 4.78 is 39.5. The first-order chi connectivity index (χ1) is 9.29. The standard InChI is InChI=1S/C12H11ClFN3O2S/c1-7-10(15)4-8(13)5-11(7)20(18,19)17-12-3-2-9(14)6-16-12/h2-6H,15H2,1H3,(H,16,17). The molecular weight excluding hydrogens is 305 g/mol. The summed E-state index contributed by atoms with van der Waals surface area (Å²) in [5.41, 5.74) is 6.34. The molecule has 5 nitrogen and oxygen atoms in total. The van der Waals surface area contributed by atoms with Crippen LogP contribution in [0.15, 0.2) is 35.4 Å². The fraction of sp³-hybridized carbons (Fsp3) is 0.0833. The lowest BCUT2D eigenvalue weighted by atomic mass is 10.2. The lowest BCUT2D eigenvalue weighted by Gasteiger charge is -2.11. The zero-order valence-corrected chi connectivity index (χ0v) is 12.0. The molecule has 1 aromatic carbocycles. The first-order valence-electron chi connectivity index (χ1n) is 5.49. The number of pyridine rings is 1. The number of aromatic nitrogens is 1. The monoisotopic (exact) mass is 315 g/mol. The Balaban J connectivity index is 2.43. The highest BCUT2D eigenvalue weighted by molar-refractivity contribution is 7.92. The first kappa shape index (κ1) is 14.5. The van der Waals surface area contributed by atoms with Crippen molar-refractivity contribution < 1.29 is 12.8 Å². The van der Waals surface area contributed by atoms with Gasteiger partial charge in [0.15, 0.2) is 0 Å². The van der Waals surface area contributed by atoms with Gasteiger partial charge in [0.1, 0.15) is 11.6 Å². The summed E-state index contributed by atoms with van der Waals surface area (Å²) in [5.74, 6) is -0.555. The molecule has 0 saturated heterocycles. The molecule has 0 radical (unpaired) electrons. The van der Waals surface area contributed by atoms with Gasteiger partial charge in [0.25, 0.3) is 10.0 Å². The topological polar surface area (TPSA) is 85.1 Å². The van der Waals surface area contributed by atoms with Gasteiger partial charge in [-0.15, -0.1) is 0 Å². The Hall–Kier alpha value is -1.86. The Morgan fingerprint density at radius 2 is 2.05 bits per heavy atom. The van der Waals surface area contributed by atoms with Gasteiger partial charge < -0.3 is 5.73 Å². The van der Waals surface area contributed by atoms with Gasteiger partial charge in [0.05, 0.1) is 11.1 Å². The van der Waals surface area contributed by atoms with E-state index in [1.54, 1.807) is 6.92 Å². The van der Waals surface area contributed by atoms with Crippen molar-refractivity contribution in [2.75, 3.05) is 10.5 Å². The maximum atomic E-state index is 12.7. The van der Waals surface area contributed by atoms with Crippen LogP contribution >= 0.6 is 11.6 Å². The van der Waals surface area contributed by atoms with Gasteiger partial charge in [-0.3, -0.25) is 4.72 Å². The number of rotatable bonds is 3. The molecular formula is C12H11ClFN3O2S. The lowest BCUT2D eigenvalue weighted by molar-refractivity contribution is 0.600. The highest BCUT2D eigenvalue weighted by Crippen LogP contribution is 2.27. The molecule has 20 heavy (non-hydrogen) atoms. The summed E-state index contributed by atoms with van der Waals surface area (Å²) in [5, 5.41) is 0.209. The van der Waals surface area contributed by atoms with Crippen LogP contribution in [0.25, 0.3) is 0 Å². The second kappa shape index (κ2) is 5.26. The predicted octanol–water partition coefficient (Wildman–Crippen LogP) is 2.57. The van der Waals surface area contributed by atoms with Gasteiger partial charge >= 0.3 is 0 Å². The van der Waals surface area contributed by atoms with Crippen LogP contribution in [-0.4, -0.2) is 13.4 Å². The number of nitrogen functional groups attached to an aromatic ring is 1. The number of benzene rings is 1. The Kier molecular flexibility index (Phi) is 3.82. The highest BCUT2D eigenvalue weighted by Gasteiger charge is 2.19. The van der Waals surface area contributed by atoms with Crippen molar-refractivity contribution in [2.45, 2.75) is 11.8 Å². The molecule has 1 aromatic heterocycles. The fourth-order valence-electron chi connectivity index (χ4n) is 1.58. The van der Waals surface area contributed by atoms with Gasteiger partial charge in [0.2, 0.25) is 0 Å². The molecule has 1 heterocycles. The van der Waals surface area contributed by atoms with E-state index in [-0.39, 0.29) is 21.4 Å². The summed E-state index contributed by atoms with van der Waals surface area (Å²) in [6.45, 7) is 1.57. The molecule has 0 amide bonds. The minimum Gasteiger partial charge on any atom is -0.398 e. The largest absolute Gasteiger partial charge is 0.398 e. The van der Waals surface area contributed by atoms with E-state index in [9.17, 15) is 12.8 Å². The Labute approximate surface area is 120 Å². The van der Waals surface area contributed by atoms with Crippen LogP contribution in [0.1, 0.15) is 5.56 Å². The van der Waals surface area contributed by atoms with Gasteiger partial charge in [-0.05, 0) is 36.8 Å². The third-order valence-electron chi connectivity index (χ3n) is 2.62. The Morgan fingerprint density at radius 3 is 2.65 bits per heavy atom. The molecule has 0 aliphatic heterocycles. The van der Waals surface area contributed by atoms with Crippen molar-refractivity contribution in [1.29, 1.82) is 0 Å². The van der Waals surface area contributed by atoms with Gasteiger partial charge in [-0.25, -0.2) is 17.8 Å². The number of nitrogens with zero attached hydrogens (tertiary/aromatic N) is 1. The smallest absolute Gasteiger partial charge is 0.263 e. The number of anilines is 2. The van der Waals surface area contributed by atoms with E-state index in [2.05, 4.69) is 9.71 Å². The van der Waals surface area contributed by atoms with Crippen molar-refractivity contribution in [3.8, 4) is 0 Å². The lowest BCUT2D eigenvalue weighted by Crippen LogP contribution is -2.16. The molecule has 0 aliphatic carbocycles. The third-order valence-corrected chi connectivity index (χ3v) is 4.32. The molecule has 0 aliphatic rings. The minimum absolute atomic E-state index is 0.00402. The zero-order valence-electron chi connectivity index (χ0n) is 10.4. The van der Waals surface area contributed by atoms with Crippen LogP contribution in [0.4, 0.5) is 15.9 Å². The zero-order chi connectivity index (χ0) is 14.9. The Bertz CT molecular complexity index is 748. The Morgan fingerprint density at radius 1 is 1.35 bits per heavy atom. The van der Waals surface area contributed by atoms with Gasteiger partial charge in [-0.2, -0.15) is 0 Å². The van der Waals surface area contributed by atoms with E-state index >= 15 is 0 Å². The molecule has 8 heteroatoms. The van der Waals surface area contributed by atoms with E-state index in [0.717, 1.165) is 12.3 Å². The van der Waals surface area contributed by atoms with Crippen LogP contribution in [0, 0.1) is 12.7 Å². The predicted molar refractivity (Wildman–Crippen MR) is 75.6 cm³/mol. The van der Waals surface area contributed by atoms with Crippen molar-refractivity contribution in [3.63, 3.8) is 0 Å². The van der Waals surface area contributed by atoms with Crippen LogP contribution in [0.3, 0.4) is 0 Å². The maximum Gasteiger partial charge on any atom is 0.263 e. The summed E-state index contributed by atoms with van der Waals surface area (Å²) in [6, 6.07) is 5.07. The average molecular weight is 316 g/mol. The maximum absolute atomic E-state index is 12.7. The number of hydrogen-bond donors (Lipinski definition) is 2. The van der Waals surface area contributed by atoms with Crippen LogP contribution in [-0.2, 0) is 10.0 Å². The molecule has 0 atom stereocenters. The van der Waals surface area contributed by atoms with Gasteiger partial charge in [-0.1, -0.05) is 11.6 Å². The molecule has 0 fully saturated rings. The van der Waals surface area contributed by atoms with Crippen LogP contribution in [0.2, 0.25) is 5.02 Å². The van der Waals surface area contributed by atoms with Crippen LogP contribution in [0.5, 0.6) is 0 Å². The summed E-state index contributed by atoms with van der Waals surface area (Å²) >= 11 is 5.81. The van der Waals surface area contributed by atoms with E-state index in [1.165, 1.54) is 18.2 Å². The van der Waals surface area contributed by atoms with E-state index in [4.69, 9.17) is 17.3 Å². The highest BCUT2D eigenvalue weighted by atomic mass is 35.5. The summed E-state index contributed by atoms with van der Waals surface area (Å²) in [7, 11) is -3.90. The molecule has 2 rings (SSSR count).